The van der Waals surface area contributed by atoms with Crippen LogP contribution in [-0.4, -0.2) is 32.7 Å². The highest BCUT2D eigenvalue weighted by Crippen LogP contribution is 1.97. The summed E-state index contributed by atoms with van der Waals surface area (Å²) in [6.07, 6.45) is 1.37. The van der Waals surface area contributed by atoms with Crippen molar-refractivity contribution in [1.82, 2.24) is 0 Å². The van der Waals surface area contributed by atoms with Crippen molar-refractivity contribution in [1.29, 1.82) is 0 Å². The van der Waals surface area contributed by atoms with Crippen LogP contribution in [-0.2, 0) is 8.58 Å². The summed E-state index contributed by atoms with van der Waals surface area (Å²) in [6, 6.07) is 0. The molecule has 0 rings (SSSR count). The number of rotatable bonds is 6. The number of hydrogen-bond acceptors (Lipinski definition) is 2. The zero-order chi connectivity index (χ0) is 8.69. The fourth-order valence-corrected chi connectivity index (χ4v) is 1.79. The van der Waals surface area contributed by atoms with Gasteiger partial charge < -0.3 is 8.90 Å². The SMILES string of the molecule is CC(C)[O][AlH][CH2]CCC(=O)O. The van der Waals surface area contributed by atoms with Crippen molar-refractivity contribution in [3.05, 3.63) is 0 Å². The Bertz CT molecular complexity index is 114. The van der Waals surface area contributed by atoms with E-state index in [0.717, 1.165) is 11.7 Å². The molecule has 11 heavy (non-hydrogen) atoms. The Morgan fingerprint density at radius 2 is 2.27 bits per heavy atom. The van der Waals surface area contributed by atoms with Crippen LogP contribution in [0.2, 0.25) is 5.28 Å². The van der Waals surface area contributed by atoms with E-state index in [2.05, 4.69) is 0 Å². The summed E-state index contributed by atoms with van der Waals surface area (Å²) in [5, 5.41) is 9.27. The molecule has 1 N–H and O–H groups in total. The molecule has 3 nitrogen and oxygen atoms in total. The van der Waals surface area contributed by atoms with Gasteiger partial charge in [-0.3, -0.25) is 4.79 Å². The van der Waals surface area contributed by atoms with Gasteiger partial charge in [0.2, 0.25) is 0 Å². The molecule has 0 spiro atoms. The quantitative estimate of drug-likeness (QED) is 0.483. The zero-order valence-corrected chi connectivity index (χ0v) is 8.58. The van der Waals surface area contributed by atoms with Crippen LogP contribution in [0.3, 0.4) is 0 Å². The molecule has 0 saturated heterocycles. The standard InChI is InChI=1S/C4H7O2.C3H7O.Al.H/c1-2-3-4(5)6;1-3(2)4;;/h1-3H2,(H,5,6);3H,1-2H3;;/q;-1;+1;. The van der Waals surface area contributed by atoms with E-state index in [1.54, 1.807) is 0 Å². The molecule has 0 aromatic carbocycles. The molecule has 0 aromatic rings. The number of carboxylic acid groups (broad SMARTS) is 1. The third-order valence-corrected chi connectivity index (χ3v) is 2.93. The lowest BCUT2D eigenvalue weighted by Gasteiger charge is -2.05. The minimum Gasteiger partial charge on any atom is -0.501 e. The summed E-state index contributed by atoms with van der Waals surface area (Å²) in [7, 11) is 0. The zero-order valence-electron chi connectivity index (χ0n) is 7.17. The van der Waals surface area contributed by atoms with Gasteiger partial charge in [-0.2, -0.15) is 0 Å². The van der Waals surface area contributed by atoms with Crippen LogP contribution >= 0.6 is 0 Å². The molecule has 0 amide bonds. The van der Waals surface area contributed by atoms with Crippen molar-refractivity contribution in [2.75, 3.05) is 0 Å². The van der Waals surface area contributed by atoms with E-state index in [4.69, 9.17) is 8.90 Å². The summed E-state index contributed by atoms with van der Waals surface area (Å²) < 4.78 is 5.37. The van der Waals surface area contributed by atoms with Gasteiger partial charge >= 0.3 is 21.5 Å². The van der Waals surface area contributed by atoms with Crippen molar-refractivity contribution in [3.8, 4) is 0 Å². The average molecular weight is 174 g/mol. The first-order valence-corrected chi connectivity index (χ1v) is 5.54. The maximum Gasteiger partial charge on any atom is 0.435 e. The van der Waals surface area contributed by atoms with Crippen LogP contribution in [0.15, 0.2) is 0 Å². The summed E-state index contributed by atoms with van der Waals surface area (Å²) in [6.45, 7) is 4.01. The van der Waals surface area contributed by atoms with E-state index in [0.29, 0.717) is 6.10 Å². The molecule has 0 saturated carbocycles. The van der Waals surface area contributed by atoms with Gasteiger partial charge in [-0.25, -0.2) is 0 Å². The van der Waals surface area contributed by atoms with Gasteiger partial charge in [-0.1, -0.05) is 11.7 Å². The topological polar surface area (TPSA) is 46.5 Å². The Morgan fingerprint density at radius 1 is 1.64 bits per heavy atom. The second-order valence-electron chi connectivity index (χ2n) is 2.77. The summed E-state index contributed by atoms with van der Waals surface area (Å²) in [5.41, 5.74) is 0. The Balaban J connectivity index is 2.97. The lowest BCUT2D eigenvalue weighted by atomic mass is 10.3. The first-order chi connectivity index (χ1) is 5.13. The molecule has 0 aliphatic carbocycles. The highest BCUT2D eigenvalue weighted by molar-refractivity contribution is 6.27. The number of carbonyl (C=O) groups is 1. The highest BCUT2D eigenvalue weighted by atomic mass is 27.1. The largest absolute Gasteiger partial charge is 0.501 e. The van der Waals surface area contributed by atoms with E-state index in [1.165, 1.54) is 0 Å². The molecule has 0 atom stereocenters. The minimum absolute atomic E-state index is 0.286. The molecule has 0 aromatic heterocycles. The van der Waals surface area contributed by atoms with Crippen molar-refractivity contribution in [3.63, 3.8) is 0 Å². The molecular formula is C7H15AlO3. The van der Waals surface area contributed by atoms with E-state index >= 15 is 0 Å². The molecule has 0 radical (unpaired) electrons. The van der Waals surface area contributed by atoms with Gasteiger partial charge in [-0.15, -0.1) is 0 Å². The van der Waals surface area contributed by atoms with Crippen LogP contribution in [0.1, 0.15) is 26.7 Å². The predicted molar refractivity (Wildman–Crippen MR) is 45.0 cm³/mol. The number of carboxylic acids is 1. The van der Waals surface area contributed by atoms with Crippen LogP contribution in [0.4, 0.5) is 0 Å². The second kappa shape index (κ2) is 6.66. The Hall–Kier alpha value is -0.0375. The molecule has 0 bridgehead atoms. The van der Waals surface area contributed by atoms with Gasteiger partial charge in [0.05, 0.1) is 0 Å². The first-order valence-electron chi connectivity index (χ1n) is 3.96. The number of aliphatic carboxylic acids is 1. The van der Waals surface area contributed by atoms with Gasteiger partial charge in [0.25, 0.3) is 0 Å². The van der Waals surface area contributed by atoms with Crippen molar-refractivity contribution < 1.29 is 13.7 Å². The first kappa shape index (κ1) is 11.0. The Morgan fingerprint density at radius 3 is 2.73 bits per heavy atom. The third kappa shape index (κ3) is 9.96. The Labute approximate surface area is 73.8 Å². The summed E-state index contributed by atoms with van der Waals surface area (Å²) in [5.74, 6) is -0.705. The third-order valence-electron chi connectivity index (χ3n) is 1.24. The van der Waals surface area contributed by atoms with E-state index in [-0.39, 0.29) is 6.42 Å². The predicted octanol–water partition coefficient (Wildman–Crippen LogP) is 1.05. The van der Waals surface area contributed by atoms with E-state index in [9.17, 15) is 4.79 Å². The van der Waals surface area contributed by atoms with Crippen LogP contribution in [0.25, 0.3) is 0 Å². The van der Waals surface area contributed by atoms with E-state index < -0.39 is 21.5 Å². The van der Waals surface area contributed by atoms with Crippen molar-refractivity contribution in [2.45, 2.75) is 38.1 Å². The summed E-state index contributed by atoms with van der Waals surface area (Å²) >= 11 is -0.442. The molecule has 0 fully saturated rings. The maximum atomic E-state index is 10.1. The fourth-order valence-electron chi connectivity index (χ4n) is 0.697. The average Bonchev–Trinajstić information content (AvgIpc) is 1.85. The minimum atomic E-state index is -0.705. The van der Waals surface area contributed by atoms with Crippen molar-refractivity contribution >= 4 is 21.5 Å². The molecule has 4 heteroatoms. The van der Waals surface area contributed by atoms with Crippen LogP contribution < -0.4 is 0 Å². The lowest BCUT2D eigenvalue weighted by Crippen LogP contribution is -2.07. The molecule has 0 aliphatic rings. The normalized spacial score (nSPS) is 10.1. The van der Waals surface area contributed by atoms with Gasteiger partial charge in [-0.05, 0) is 13.8 Å². The maximum absolute atomic E-state index is 10.1. The molecule has 0 heterocycles. The van der Waals surface area contributed by atoms with Gasteiger partial charge in [0.15, 0.2) is 0 Å². The Kier molecular flexibility index (Phi) is 6.64. The monoisotopic (exact) mass is 174 g/mol. The molecule has 64 valence electrons. The molecule has 0 unspecified atom stereocenters. The van der Waals surface area contributed by atoms with Gasteiger partial charge in [0.1, 0.15) is 0 Å². The number of hydrogen-bond donors (Lipinski definition) is 1. The lowest BCUT2D eigenvalue weighted by molar-refractivity contribution is -0.137. The smallest absolute Gasteiger partial charge is 0.435 e. The molecular weight excluding hydrogens is 159 g/mol. The van der Waals surface area contributed by atoms with Crippen LogP contribution in [0, 0.1) is 0 Å². The molecule has 0 aliphatic heterocycles. The van der Waals surface area contributed by atoms with E-state index in [1.807, 2.05) is 13.8 Å². The summed E-state index contributed by atoms with van der Waals surface area (Å²) in [4.78, 5) is 10.1. The fraction of sp³-hybridized carbons (Fsp3) is 0.857. The highest BCUT2D eigenvalue weighted by Gasteiger charge is 2.00. The van der Waals surface area contributed by atoms with Crippen LogP contribution in [0.5, 0.6) is 0 Å². The van der Waals surface area contributed by atoms with Crippen molar-refractivity contribution in [2.24, 2.45) is 0 Å². The second-order valence-corrected chi connectivity index (χ2v) is 4.22. The van der Waals surface area contributed by atoms with Gasteiger partial charge in [0, 0.05) is 12.5 Å².